The molecule has 0 aliphatic carbocycles. The van der Waals surface area contributed by atoms with E-state index in [2.05, 4.69) is 5.32 Å². The molecule has 0 unspecified atom stereocenters. The molecular weight excluding hydrogens is 246 g/mol. The van der Waals surface area contributed by atoms with Crippen LogP contribution in [0.1, 0.15) is 19.3 Å². The lowest BCUT2D eigenvalue weighted by molar-refractivity contribution is -0.138. The zero-order valence-corrected chi connectivity index (χ0v) is 10.4. The van der Waals surface area contributed by atoms with Gasteiger partial charge >= 0.3 is 0 Å². The Labute approximate surface area is 110 Å². The summed E-state index contributed by atoms with van der Waals surface area (Å²) < 4.78 is 0. The van der Waals surface area contributed by atoms with E-state index in [-0.39, 0.29) is 43.5 Å². The second-order valence-electron chi connectivity index (χ2n) is 4.36. The van der Waals surface area contributed by atoms with Crippen LogP contribution in [-0.2, 0) is 14.4 Å². The zero-order valence-electron chi connectivity index (χ0n) is 10.4. The Hall–Kier alpha value is -2.37. The SMILES string of the molecule is Nc1cccc(NC(=O)CCN2C(=O)CCC2=O)c1. The molecule has 1 aliphatic rings. The highest BCUT2D eigenvalue weighted by Crippen LogP contribution is 2.14. The summed E-state index contributed by atoms with van der Waals surface area (Å²) in [4.78, 5) is 35.5. The van der Waals surface area contributed by atoms with Crippen LogP contribution in [0.15, 0.2) is 24.3 Å². The number of nitrogen functional groups attached to an aromatic ring is 1. The number of carbonyl (C=O) groups is 3. The van der Waals surface area contributed by atoms with Crippen molar-refractivity contribution in [2.24, 2.45) is 0 Å². The molecule has 3 amide bonds. The van der Waals surface area contributed by atoms with E-state index in [1.54, 1.807) is 24.3 Å². The molecule has 1 fully saturated rings. The molecule has 0 aromatic heterocycles. The Balaban J connectivity index is 1.85. The van der Waals surface area contributed by atoms with E-state index in [1.165, 1.54) is 0 Å². The van der Waals surface area contributed by atoms with Gasteiger partial charge in [-0.1, -0.05) is 6.07 Å². The van der Waals surface area contributed by atoms with Gasteiger partial charge in [0.1, 0.15) is 0 Å². The summed E-state index contributed by atoms with van der Waals surface area (Å²) in [5, 5.41) is 2.67. The third-order valence-corrected chi connectivity index (χ3v) is 2.89. The number of carbonyl (C=O) groups excluding carboxylic acids is 3. The largest absolute Gasteiger partial charge is 0.399 e. The number of hydrogen-bond donors (Lipinski definition) is 2. The highest BCUT2D eigenvalue weighted by Gasteiger charge is 2.28. The maximum absolute atomic E-state index is 11.7. The van der Waals surface area contributed by atoms with Gasteiger partial charge in [0.05, 0.1) is 0 Å². The molecule has 1 aromatic carbocycles. The molecule has 6 nitrogen and oxygen atoms in total. The van der Waals surface area contributed by atoms with Crippen LogP contribution in [-0.4, -0.2) is 29.2 Å². The Morgan fingerprint density at radius 1 is 1.26 bits per heavy atom. The summed E-state index contributed by atoms with van der Waals surface area (Å²) in [5.41, 5.74) is 6.75. The molecular formula is C13H15N3O3. The number of nitrogens with two attached hydrogens (primary N) is 1. The van der Waals surface area contributed by atoms with Crippen molar-refractivity contribution in [1.82, 2.24) is 4.90 Å². The Kier molecular flexibility index (Phi) is 3.79. The lowest BCUT2D eigenvalue weighted by Gasteiger charge is -2.13. The quantitative estimate of drug-likeness (QED) is 0.617. The van der Waals surface area contributed by atoms with Gasteiger partial charge in [0, 0.05) is 37.2 Å². The normalized spacial score (nSPS) is 14.8. The van der Waals surface area contributed by atoms with Crippen molar-refractivity contribution in [1.29, 1.82) is 0 Å². The average Bonchev–Trinajstić information content (AvgIpc) is 2.67. The summed E-state index contributed by atoms with van der Waals surface area (Å²) in [6.45, 7) is 0.131. The number of amides is 3. The van der Waals surface area contributed by atoms with Gasteiger partial charge in [-0.05, 0) is 18.2 Å². The van der Waals surface area contributed by atoms with Crippen molar-refractivity contribution in [2.75, 3.05) is 17.6 Å². The molecule has 0 spiro atoms. The van der Waals surface area contributed by atoms with E-state index in [1.807, 2.05) is 0 Å². The van der Waals surface area contributed by atoms with Crippen LogP contribution in [0, 0.1) is 0 Å². The number of likely N-dealkylation sites (tertiary alicyclic amines) is 1. The summed E-state index contributed by atoms with van der Waals surface area (Å²) >= 11 is 0. The number of benzene rings is 1. The van der Waals surface area contributed by atoms with E-state index in [0.717, 1.165) is 4.90 Å². The summed E-state index contributed by atoms with van der Waals surface area (Å²) in [5.74, 6) is -0.665. The van der Waals surface area contributed by atoms with Crippen molar-refractivity contribution in [3.63, 3.8) is 0 Å². The van der Waals surface area contributed by atoms with E-state index in [4.69, 9.17) is 5.73 Å². The number of hydrogen-bond acceptors (Lipinski definition) is 4. The number of imide groups is 1. The molecule has 19 heavy (non-hydrogen) atoms. The first-order valence-corrected chi connectivity index (χ1v) is 6.05. The van der Waals surface area contributed by atoms with Gasteiger partial charge in [-0.2, -0.15) is 0 Å². The monoisotopic (exact) mass is 261 g/mol. The highest BCUT2D eigenvalue weighted by molar-refractivity contribution is 6.02. The summed E-state index contributed by atoms with van der Waals surface area (Å²) in [7, 11) is 0. The second-order valence-corrected chi connectivity index (χ2v) is 4.36. The summed E-state index contributed by atoms with van der Waals surface area (Å²) in [6, 6.07) is 6.82. The molecule has 6 heteroatoms. The predicted octanol–water partition coefficient (Wildman–Crippen LogP) is 0.746. The molecule has 3 N–H and O–H groups in total. The number of anilines is 2. The minimum absolute atomic E-state index is 0.0896. The second kappa shape index (κ2) is 5.51. The van der Waals surface area contributed by atoms with E-state index < -0.39 is 0 Å². The fourth-order valence-electron chi connectivity index (χ4n) is 1.93. The third-order valence-electron chi connectivity index (χ3n) is 2.89. The van der Waals surface area contributed by atoms with Crippen LogP contribution in [0.2, 0.25) is 0 Å². The fourth-order valence-corrected chi connectivity index (χ4v) is 1.93. The smallest absolute Gasteiger partial charge is 0.229 e. The molecule has 0 atom stereocenters. The van der Waals surface area contributed by atoms with Crippen molar-refractivity contribution >= 4 is 29.1 Å². The van der Waals surface area contributed by atoms with Crippen molar-refractivity contribution < 1.29 is 14.4 Å². The molecule has 100 valence electrons. The minimum Gasteiger partial charge on any atom is -0.399 e. The number of nitrogens with zero attached hydrogens (tertiary/aromatic N) is 1. The standard InChI is InChI=1S/C13H15N3O3/c14-9-2-1-3-10(8-9)15-11(17)6-7-16-12(18)4-5-13(16)19/h1-3,8H,4-7,14H2,(H,15,17). The molecule has 2 rings (SSSR count). The van der Waals surface area contributed by atoms with Crippen molar-refractivity contribution in [3.05, 3.63) is 24.3 Å². The van der Waals surface area contributed by atoms with Gasteiger partial charge in [0.15, 0.2) is 0 Å². The lowest BCUT2D eigenvalue weighted by Crippen LogP contribution is -2.32. The first-order chi connectivity index (χ1) is 9.06. The molecule has 1 heterocycles. The minimum atomic E-state index is -0.252. The number of nitrogens with one attached hydrogen (secondary N) is 1. The first kappa shape index (κ1) is 13.1. The van der Waals surface area contributed by atoms with Crippen molar-refractivity contribution in [2.45, 2.75) is 19.3 Å². The predicted molar refractivity (Wildman–Crippen MR) is 70.1 cm³/mol. The van der Waals surface area contributed by atoms with Crippen LogP contribution in [0.5, 0.6) is 0 Å². The molecule has 1 saturated heterocycles. The maximum Gasteiger partial charge on any atom is 0.229 e. The van der Waals surface area contributed by atoms with Gasteiger partial charge in [-0.25, -0.2) is 0 Å². The van der Waals surface area contributed by atoms with Gasteiger partial charge < -0.3 is 11.1 Å². The van der Waals surface area contributed by atoms with E-state index in [9.17, 15) is 14.4 Å². The number of rotatable bonds is 4. The van der Waals surface area contributed by atoms with Gasteiger partial charge in [-0.3, -0.25) is 19.3 Å². The van der Waals surface area contributed by atoms with Crippen LogP contribution in [0.4, 0.5) is 11.4 Å². The van der Waals surface area contributed by atoms with Gasteiger partial charge in [0.25, 0.3) is 0 Å². The van der Waals surface area contributed by atoms with Gasteiger partial charge in [-0.15, -0.1) is 0 Å². The average molecular weight is 261 g/mol. The Morgan fingerprint density at radius 3 is 2.58 bits per heavy atom. The topological polar surface area (TPSA) is 92.5 Å². The van der Waals surface area contributed by atoms with Crippen molar-refractivity contribution in [3.8, 4) is 0 Å². The van der Waals surface area contributed by atoms with E-state index in [0.29, 0.717) is 11.4 Å². The molecule has 1 aromatic rings. The van der Waals surface area contributed by atoms with Crippen LogP contribution in [0.3, 0.4) is 0 Å². The highest BCUT2D eigenvalue weighted by atomic mass is 16.2. The molecule has 1 aliphatic heterocycles. The molecule has 0 saturated carbocycles. The Morgan fingerprint density at radius 2 is 1.95 bits per heavy atom. The van der Waals surface area contributed by atoms with Crippen LogP contribution < -0.4 is 11.1 Å². The van der Waals surface area contributed by atoms with Crippen LogP contribution >= 0.6 is 0 Å². The van der Waals surface area contributed by atoms with Crippen LogP contribution in [0.25, 0.3) is 0 Å². The third kappa shape index (κ3) is 3.31. The van der Waals surface area contributed by atoms with E-state index >= 15 is 0 Å². The van der Waals surface area contributed by atoms with Gasteiger partial charge in [0.2, 0.25) is 17.7 Å². The summed E-state index contributed by atoms with van der Waals surface area (Å²) in [6.07, 6.45) is 0.581. The molecule has 0 radical (unpaired) electrons. The maximum atomic E-state index is 11.7. The molecule has 0 bridgehead atoms. The lowest BCUT2D eigenvalue weighted by atomic mass is 10.2. The first-order valence-electron chi connectivity index (χ1n) is 6.05. The Bertz CT molecular complexity index is 512. The fraction of sp³-hybridized carbons (Fsp3) is 0.308. The zero-order chi connectivity index (χ0) is 13.8.